The van der Waals surface area contributed by atoms with Crippen LogP contribution < -0.4 is 0 Å². The van der Waals surface area contributed by atoms with E-state index in [-0.39, 0.29) is 11.5 Å². The van der Waals surface area contributed by atoms with Gasteiger partial charge in [-0.15, -0.1) is 0 Å². The van der Waals surface area contributed by atoms with Gasteiger partial charge in [-0.2, -0.15) is 5.06 Å². The molecule has 2 aromatic carbocycles. The van der Waals surface area contributed by atoms with Crippen LogP contribution in [-0.4, -0.2) is 60.6 Å². The quantitative estimate of drug-likeness (QED) is 0.416. The zero-order valence-electron chi connectivity index (χ0n) is 20.9. The van der Waals surface area contributed by atoms with Crippen LogP contribution >= 0.6 is 0 Å². The summed E-state index contributed by atoms with van der Waals surface area (Å²) in [7, 11) is 1.65. The van der Waals surface area contributed by atoms with Crippen LogP contribution in [0.1, 0.15) is 42.0 Å². The monoisotopic (exact) mass is 495 g/mol. The summed E-state index contributed by atoms with van der Waals surface area (Å²) in [5.41, 5.74) is 3.54. The maximum Gasteiger partial charge on any atom is 0.329 e. The predicted octanol–water partition coefficient (Wildman–Crippen LogP) is 4.60. The van der Waals surface area contributed by atoms with E-state index < -0.39 is 36.8 Å². The van der Waals surface area contributed by atoms with Crippen LogP contribution in [0.15, 0.2) is 36.4 Å². The van der Waals surface area contributed by atoms with E-state index in [0.717, 1.165) is 23.2 Å². The van der Waals surface area contributed by atoms with Crippen LogP contribution in [-0.2, 0) is 25.6 Å². The van der Waals surface area contributed by atoms with Crippen molar-refractivity contribution in [1.29, 1.82) is 0 Å². The number of rotatable bonds is 12. The molecule has 0 saturated carbocycles. The Hall–Kier alpha value is -2.88. The Morgan fingerprint density at radius 3 is 1.83 bits per heavy atom. The van der Waals surface area contributed by atoms with Gasteiger partial charge in [0.2, 0.25) is 0 Å². The highest BCUT2D eigenvalue weighted by atomic mass is 19.1. The summed E-state index contributed by atoms with van der Waals surface area (Å²) in [6, 6.07) is 10.2. The largest absolute Gasteiger partial charge is 0.480 e. The summed E-state index contributed by atoms with van der Waals surface area (Å²) < 4.78 is 32.7. The molecule has 35 heavy (non-hydrogen) atoms. The minimum atomic E-state index is -1.17. The van der Waals surface area contributed by atoms with Gasteiger partial charge in [0, 0.05) is 24.6 Å². The molecule has 0 fully saturated rings. The van der Waals surface area contributed by atoms with Crippen molar-refractivity contribution in [3.8, 4) is 0 Å². The van der Waals surface area contributed by atoms with Crippen LogP contribution in [0, 0.1) is 31.4 Å². The van der Waals surface area contributed by atoms with Gasteiger partial charge in [0.1, 0.15) is 24.8 Å². The van der Waals surface area contributed by atoms with E-state index in [1.165, 1.54) is 18.2 Å². The lowest BCUT2D eigenvalue weighted by Gasteiger charge is -2.29. The van der Waals surface area contributed by atoms with Crippen molar-refractivity contribution in [2.24, 2.45) is 5.92 Å². The topological polar surface area (TPSA) is 96.3 Å². The molecule has 2 N–H and O–H groups in total. The molecular formula is C26H35F2NO6. The van der Waals surface area contributed by atoms with Crippen LogP contribution in [0.25, 0.3) is 0 Å². The lowest BCUT2D eigenvalue weighted by atomic mass is 9.85. The predicted molar refractivity (Wildman–Crippen MR) is 128 cm³/mol. The Bertz CT molecular complexity index is 912. The fourth-order valence-corrected chi connectivity index (χ4v) is 3.81. The minimum Gasteiger partial charge on any atom is -0.480 e. The number of carbonyl (C=O) groups is 2. The van der Waals surface area contributed by atoms with Crippen molar-refractivity contribution in [1.82, 2.24) is 5.06 Å². The molecule has 7 nitrogen and oxygen atoms in total. The van der Waals surface area contributed by atoms with Crippen molar-refractivity contribution < 1.29 is 38.2 Å². The Morgan fingerprint density at radius 1 is 0.914 bits per heavy atom. The van der Waals surface area contributed by atoms with E-state index in [4.69, 9.17) is 15.1 Å². The smallest absolute Gasteiger partial charge is 0.329 e. The number of nitrogens with zero attached hydrogens (tertiary/aromatic N) is 1. The number of aryl methyl sites for hydroxylation is 2. The molecule has 0 bridgehead atoms. The highest BCUT2D eigenvalue weighted by molar-refractivity contribution is 5.70. The molecule has 0 amide bonds. The first-order valence-electron chi connectivity index (χ1n) is 11.3. The van der Waals surface area contributed by atoms with Crippen molar-refractivity contribution in [2.75, 3.05) is 33.4 Å². The Balaban J connectivity index is 0.000000579. The summed E-state index contributed by atoms with van der Waals surface area (Å²) in [6.45, 7) is 8.55. The Labute approximate surface area is 205 Å². The molecule has 194 valence electrons. The zero-order chi connectivity index (χ0) is 26.5. The highest BCUT2D eigenvalue weighted by Crippen LogP contribution is 2.30. The number of benzene rings is 2. The molecule has 0 spiro atoms. The van der Waals surface area contributed by atoms with E-state index in [2.05, 4.69) is 18.6 Å². The van der Waals surface area contributed by atoms with Gasteiger partial charge >= 0.3 is 11.9 Å². The van der Waals surface area contributed by atoms with Crippen LogP contribution in [0.3, 0.4) is 0 Å². The van der Waals surface area contributed by atoms with Gasteiger partial charge in [-0.05, 0) is 55.0 Å². The van der Waals surface area contributed by atoms with Gasteiger partial charge in [0.15, 0.2) is 0 Å². The molecule has 0 aliphatic carbocycles. The molecule has 0 radical (unpaired) electrons. The maximum atomic E-state index is 14.3. The lowest BCUT2D eigenvalue weighted by molar-refractivity contribution is -0.148. The molecule has 0 saturated heterocycles. The number of hydrogen-bond acceptors (Lipinski definition) is 5. The van der Waals surface area contributed by atoms with Gasteiger partial charge in [0.25, 0.3) is 0 Å². The van der Waals surface area contributed by atoms with E-state index in [0.29, 0.717) is 18.9 Å². The minimum absolute atomic E-state index is 0.0682. The van der Waals surface area contributed by atoms with Gasteiger partial charge in [-0.1, -0.05) is 38.1 Å². The van der Waals surface area contributed by atoms with Crippen molar-refractivity contribution in [3.63, 3.8) is 0 Å². The van der Waals surface area contributed by atoms with Gasteiger partial charge in [-0.3, -0.25) is 0 Å². The molecule has 0 aliphatic heterocycles. The molecule has 9 heteroatoms. The first kappa shape index (κ1) is 30.2. The Morgan fingerprint density at radius 2 is 1.40 bits per heavy atom. The van der Waals surface area contributed by atoms with Crippen molar-refractivity contribution in [2.45, 2.75) is 40.0 Å². The number of ether oxygens (including phenoxy) is 1. The molecule has 0 aromatic heterocycles. The second-order valence-electron chi connectivity index (χ2n) is 8.61. The second kappa shape index (κ2) is 15.2. The third-order valence-corrected chi connectivity index (χ3v) is 5.16. The SMILES string of the molecule is CON(CC(C)C)CC(Cc1c(F)cccc1F)c1c(C)cccc1C.O=C(O)COCC(=O)O. The van der Waals surface area contributed by atoms with Crippen LogP contribution in [0.5, 0.6) is 0 Å². The standard InChI is InChI=1S/C22H29F2NO.C4H6O5/c1-15(2)13-25(26-5)14-18(22-16(3)8-6-9-17(22)4)12-19-20(23)10-7-11-21(19)24;5-3(6)1-9-2-4(7)8/h6-11,15,18H,12-14H2,1-5H3;1-2H2,(H,5,6)(H,7,8). The molecule has 1 atom stereocenters. The third-order valence-electron chi connectivity index (χ3n) is 5.16. The first-order chi connectivity index (χ1) is 16.5. The Kier molecular flexibility index (Phi) is 13.1. The average molecular weight is 496 g/mol. The second-order valence-corrected chi connectivity index (χ2v) is 8.61. The molecular weight excluding hydrogens is 460 g/mol. The molecule has 0 aliphatic rings. The normalized spacial score (nSPS) is 11.8. The van der Waals surface area contributed by atoms with Gasteiger partial charge < -0.3 is 19.8 Å². The van der Waals surface area contributed by atoms with E-state index in [1.54, 1.807) is 7.11 Å². The average Bonchev–Trinajstić information content (AvgIpc) is 2.75. The zero-order valence-corrected chi connectivity index (χ0v) is 20.9. The van der Waals surface area contributed by atoms with Crippen LogP contribution in [0.2, 0.25) is 0 Å². The summed E-state index contributed by atoms with van der Waals surface area (Å²) in [6.07, 6.45) is 0.294. The number of hydrogen-bond donors (Lipinski definition) is 2. The first-order valence-corrected chi connectivity index (χ1v) is 11.3. The third kappa shape index (κ3) is 10.9. The number of hydroxylamine groups is 2. The fraction of sp³-hybridized carbons (Fsp3) is 0.462. The van der Waals surface area contributed by atoms with E-state index >= 15 is 0 Å². The lowest BCUT2D eigenvalue weighted by Crippen LogP contribution is -2.32. The van der Waals surface area contributed by atoms with Crippen molar-refractivity contribution >= 4 is 11.9 Å². The number of halogens is 2. The summed E-state index contributed by atoms with van der Waals surface area (Å²) in [4.78, 5) is 24.9. The molecule has 0 heterocycles. The van der Waals surface area contributed by atoms with Crippen molar-refractivity contribution in [3.05, 3.63) is 70.3 Å². The van der Waals surface area contributed by atoms with Gasteiger partial charge in [0.05, 0.1) is 7.11 Å². The summed E-state index contributed by atoms with van der Waals surface area (Å²) in [5, 5.41) is 17.7. The maximum absolute atomic E-state index is 14.3. The fourth-order valence-electron chi connectivity index (χ4n) is 3.81. The molecule has 1 unspecified atom stereocenters. The van der Waals surface area contributed by atoms with E-state index in [9.17, 15) is 18.4 Å². The highest BCUT2D eigenvalue weighted by Gasteiger charge is 2.23. The summed E-state index contributed by atoms with van der Waals surface area (Å²) in [5.74, 6) is -2.96. The number of carboxylic acids is 2. The van der Waals surface area contributed by atoms with E-state index in [1.807, 2.05) is 37.1 Å². The van der Waals surface area contributed by atoms with Crippen LogP contribution in [0.4, 0.5) is 8.78 Å². The molecule has 2 aromatic rings. The summed E-state index contributed by atoms with van der Waals surface area (Å²) >= 11 is 0. The molecule has 2 rings (SSSR count). The number of carboxylic acid groups (broad SMARTS) is 2. The number of aliphatic carboxylic acids is 2. The van der Waals surface area contributed by atoms with Gasteiger partial charge in [-0.25, -0.2) is 18.4 Å².